The summed E-state index contributed by atoms with van der Waals surface area (Å²) < 4.78 is 0. The molecule has 3 aromatic rings. The molecule has 0 aliphatic carbocycles. The molecule has 134 valence electrons. The van der Waals surface area contributed by atoms with Crippen LogP contribution in [0.4, 0.5) is 0 Å². The van der Waals surface area contributed by atoms with Crippen molar-refractivity contribution in [2.24, 2.45) is 0 Å². The number of nitrogens with one attached hydrogen (secondary N) is 3. The highest BCUT2D eigenvalue weighted by molar-refractivity contribution is 6.30. The van der Waals surface area contributed by atoms with Gasteiger partial charge in [0.25, 0.3) is 5.91 Å². The quantitative estimate of drug-likeness (QED) is 0.650. The second-order valence-electron chi connectivity index (χ2n) is 6.27. The molecule has 6 heteroatoms. The zero-order valence-electron chi connectivity index (χ0n) is 14.3. The van der Waals surface area contributed by atoms with Crippen LogP contribution in [-0.4, -0.2) is 17.0 Å². The maximum absolute atomic E-state index is 12.4. The molecule has 1 heterocycles. The van der Waals surface area contributed by atoms with E-state index in [1.165, 1.54) is 0 Å². The van der Waals surface area contributed by atoms with Gasteiger partial charge in [0, 0.05) is 28.1 Å². The topological polar surface area (TPSA) is 59.0 Å². The first-order valence-corrected chi connectivity index (χ1v) is 9.14. The molecule has 26 heavy (non-hydrogen) atoms. The van der Waals surface area contributed by atoms with Crippen LogP contribution in [0, 0.1) is 0 Å². The lowest BCUT2D eigenvalue weighted by Crippen LogP contribution is -2.38. The second-order valence-corrected chi connectivity index (χ2v) is 7.14. The smallest absolute Gasteiger partial charge is 0.273 e. The summed E-state index contributed by atoms with van der Waals surface area (Å²) in [7, 11) is 0. The van der Waals surface area contributed by atoms with Gasteiger partial charge in [0.15, 0.2) is 11.9 Å². The van der Waals surface area contributed by atoms with Gasteiger partial charge in [-0.15, -0.1) is 5.10 Å². The Morgan fingerprint density at radius 2 is 1.65 bits per heavy atom. The highest BCUT2D eigenvalue weighted by atomic mass is 35.5. The first kappa shape index (κ1) is 18.5. The predicted molar refractivity (Wildman–Crippen MR) is 104 cm³/mol. The maximum Gasteiger partial charge on any atom is 0.273 e. The van der Waals surface area contributed by atoms with Gasteiger partial charge in [-0.25, -0.2) is 0 Å². The molecule has 2 aromatic carbocycles. The Balaban J connectivity index is 1.82. The Morgan fingerprint density at radius 1 is 1.04 bits per heavy atom. The molecule has 0 radical (unpaired) electrons. The first-order valence-electron chi connectivity index (χ1n) is 8.39. The van der Waals surface area contributed by atoms with Gasteiger partial charge in [0.05, 0.1) is 0 Å². The molecule has 0 saturated carbocycles. The molecule has 0 fully saturated rings. The molecule has 3 rings (SSSR count). The largest absolute Gasteiger partial charge is 0.348 e. The minimum atomic E-state index is -0.145. The molecule has 0 aliphatic rings. The Hall–Kier alpha value is -2.30. The van der Waals surface area contributed by atoms with Gasteiger partial charge in [-0.2, -0.15) is 5.10 Å². The average Bonchev–Trinajstić information content (AvgIpc) is 3.17. The molecular formula is C20H20Cl2N3O+. The van der Waals surface area contributed by atoms with Crippen LogP contribution in [0.5, 0.6) is 0 Å². The standard InChI is InChI=1S/C20H19Cl2N3O/c1-13(24-20(26)19-10-11-23-25-19)18(15-4-8-17(22)9-5-15)12-14-2-6-16(21)7-3-14/h2-11,13,18H,12H2,1H3,(H,23,25)(H,24,26)/p+1/t13-,18+/m1/s1. The molecule has 0 spiro atoms. The van der Waals surface area contributed by atoms with Crippen molar-refractivity contribution in [1.82, 2.24) is 10.4 Å². The van der Waals surface area contributed by atoms with E-state index in [2.05, 4.69) is 15.5 Å². The lowest BCUT2D eigenvalue weighted by molar-refractivity contribution is -0.449. The number of hydrogen-bond acceptors (Lipinski definition) is 1. The van der Waals surface area contributed by atoms with Crippen LogP contribution in [0.15, 0.2) is 60.8 Å². The van der Waals surface area contributed by atoms with Crippen molar-refractivity contribution >= 4 is 29.1 Å². The van der Waals surface area contributed by atoms with Crippen LogP contribution in [0.25, 0.3) is 0 Å². The van der Waals surface area contributed by atoms with Gasteiger partial charge in [0.1, 0.15) is 0 Å². The van der Waals surface area contributed by atoms with E-state index in [0.29, 0.717) is 15.7 Å². The Labute approximate surface area is 162 Å². The lowest BCUT2D eigenvalue weighted by atomic mass is 9.86. The Kier molecular flexibility index (Phi) is 5.96. The number of halogens is 2. The minimum absolute atomic E-state index is 0.0809. The summed E-state index contributed by atoms with van der Waals surface area (Å²) in [5, 5.41) is 10.1. The zero-order chi connectivity index (χ0) is 18.5. The number of carbonyl (C=O) groups is 1. The highest BCUT2D eigenvalue weighted by Gasteiger charge is 2.23. The van der Waals surface area contributed by atoms with Gasteiger partial charge >= 0.3 is 0 Å². The number of benzene rings is 2. The number of aromatic amines is 2. The van der Waals surface area contributed by atoms with E-state index in [4.69, 9.17) is 23.2 Å². The summed E-state index contributed by atoms with van der Waals surface area (Å²) in [4.78, 5) is 12.4. The van der Waals surface area contributed by atoms with Crippen molar-refractivity contribution < 1.29 is 9.89 Å². The van der Waals surface area contributed by atoms with E-state index >= 15 is 0 Å². The number of carbonyl (C=O) groups excluding carboxylic acids is 1. The molecule has 4 nitrogen and oxygen atoms in total. The molecule has 1 aromatic heterocycles. The van der Waals surface area contributed by atoms with Crippen LogP contribution in [0.2, 0.25) is 10.0 Å². The average molecular weight is 389 g/mol. The third kappa shape index (κ3) is 4.65. The summed E-state index contributed by atoms with van der Waals surface area (Å²) in [6.07, 6.45) is 2.46. The lowest BCUT2D eigenvalue weighted by Gasteiger charge is -2.25. The monoisotopic (exact) mass is 388 g/mol. The molecule has 0 unspecified atom stereocenters. The van der Waals surface area contributed by atoms with E-state index in [0.717, 1.165) is 17.5 Å². The van der Waals surface area contributed by atoms with Crippen molar-refractivity contribution in [3.05, 3.63) is 87.7 Å². The van der Waals surface area contributed by atoms with Crippen LogP contribution < -0.4 is 10.4 Å². The SMILES string of the molecule is C[C@@H](NC(=O)c1cc[nH+][nH]1)[C@H](Cc1ccc(Cl)cc1)c1ccc(Cl)cc1. The van der Waals surface area contributed by atoms with Gasteiger partial charge in [-0.3, -0.25) is 4.79 Å². The summed E-state index contributed by atoms with van der Waals surface area (Å²) in [5.41, 5.74) is 2.78. The Bertz CT molecular complexity index is 846. The molecule has 0 bridgehead atoms. The van der Waals surface area contributed by atoms with Gasteiger partial charge in [-0.1, -0.05) is 47.5 Å². The first-order chi connectivity index (χ1) is 12.5. The van der Waals surface area contributed by atoms with E-state index in [9.17, 15) is 4.79 Å². The van der Waals surface area contributed by atoms with Crippen LogP contribution in [0.1, 0.15) is 34.5 Å². The molecule has 2 atom stereocenters. The molecule has 1 amide bonds. The molecule has 0 saturated heterocycles. The summed E-state index contributed by atoms with van der Waals surface area (Å²) in [6, 6.07) is 17.2. The van der Waals surface area contributed by atoms with Gasteiger partial charge in [0.2, 0.25) is 0 Å². The fourth-order valence-electron chi connectivity index (χ4n) is 2.97. The van der Waals surface area contributed by atoms with Crippen LogP contribution >= 0.6 is 23.2 Å². The van der Waals surface area contributed by atoms with E-state index in [1.807, 2.05) is 55.5 Å². The Morgan fingerprint density at radius 3 is 2.23 bits per heavy atom. The predicted octanol–water partition coefficient (Wildman–Crippen LogP) is 4.28. The van der Waals surface area contributed by atoms with E-state index < -0.39 is 0 Å². The van der Waals surface area contributed by atoms with Crippen molar-refractivity contribution in [1.29, 1.82) is 0 Å². The minimum Gasteiger partial charge on any atom is -0.348 e. The van der Waals surface area contributed by atoms with Gasteiger partial charge < -0.3 is 5.32 Å². The number of rotatable bonds is 6. The van der Waals surface area contributed by atoms with Crippen molar-refractivity contribution in [3.8, 4) is 0 Å². The number of H-pyrrole nitrogens is 2. The number of hydrogen-bond donors (Lipinski definition) is 2. The molecular weight excluding hydrogens is 369 g/mol. The normalized spacial score (nSPS) is 13.2. The second kappa shape index (κ2) is 8.39. The van der Waals surface area contributed by atoms with Crippen molar-refractivity contribution in [2.75, 3.05) is 0 Å². The molecule has 0 aliphatic heterocycles. The van der Waals surface area contributed by atoms with Gasteiger partial charge in [-0.05, 0) is 48.7 Å². The third-order valence-electron chi connectivity index (χ3n) is 4.41. The van der Waals surface area contributed by atoms with Crippen molar-refractivity contribution in [2.45, 2.75) is 25.3 Å². The fourth-order valence-corrected chi connectivity index (χ4v) is 3.22. The van der Waals surface area contributed by atoms with Crippen molar-refractivity contribution in [3.63, 3.8) is 0 Å². The third-order valence-corrected chi connectivity index (χ3v) is 4.92. The summed E-state index contributed by atoms with van der Waals surface area (Å²) in [6.45, 7) is 2.01. The van der Waals surface area contributed by atoms with E-state index in [-0.39, 0.29) is 17.9 Å². The number of aromatic nitrogens is 2. The molecule has 3 N–H and O–H groups in total. The van der Waals surface area contributed by atoms with Crippen LogP contribution in [0.3, 0.4) is 0 Å². The highest BCUT2D eigenvalue weighted by Crippen LogP contribution is 2.27. The fraction of sp³-hybridized carbons (Fsp3) is 0.200. The summed E-state index contributed by atoms with van der Waals surface area (Å²) >= 11 is 12.0. The van der Waals surface area contributed by atoms with E-state index in [1.54, 1.807) is 12.3 Å². The number of amides is 1. The summed E-state index contributed by atoms with van der Waals surface area (Å²) in [5.74, 6) is -0.0508. The maximum atomic E-state index is 12.4. The van der Waals surface area contributed by atoms with Crippen LogP contribution in [-0.2, 0) is 6.42 Å². The zero-order valence-corrected chi connectivity index (χ0v) is 15.8.